The number of carbonyl (C=O) groups excluding carboxylic acids is 2. The fraction of sp³-hybridized carbons (Fsp3) is 0.0714. The van der Waals surface area contributed by atoms with Gasteiger partial charge in [0.2, 0.25) is 5.96 Å². The van der Waals surface area contributed by atoms with Crippen molar-refractivity contribution in [2.75, 3.05) is 5.32 Å². The van der Waals surface area contributed by atoms with Gasteiger partial charge in [-0.15, -0.1) is 0 Å². The van der Waals surface area contributed by atoms with Crippen molar-refractivity contribution < 1.29 is 24.7 Å². The predicted molar refractivity (Wildman–Crippen MR) is 162 cm³/mol. The van der Waals surface area contributed by atoms with Crippen LogP contribution in [0.2, 0.25) is 0 Å². The number of non-ortho nitro benzene ring substituents is 1. The average molecular weight is 603 g/mol. The number of benzene rings is 3. The second-order valence-corrected chi connectivity index (χ2v) is 10.8. The van der Waals surface area contributed by atoms with Crippen LogP contribution in [0.3, 0.4) is 0 Å². The Hall–Kier alpha value is -5.21. The Bertz CT molecular complexity index is 1720. The van der Waals surface area contributed by atoms with Crippen LogP contribution in [0.5, 0.6) is 11.5 Å². The number of hydrazine groups is 1. The summed E-state index contributed by atoms with van der Waals surface area (Å²) in [6.45, 7) is 1.60. The Morgan fingerprint density at radius 1 is 1.14 bits per heavy atom. The first-order valence-corrected chi connectivity index (χ1v) is 13.6. The highest BCUT2D eigenvalue weighted by atomic mass is 32.2. The van der Waals surface area contributed by atoms with Crippen molar-refractivity contribution in [3.05, 3.63) is 110 Å². The van der Waals surface area contributed by atoms with E-state index < -0.39 is 22.8 Å². The van der Waals surface area contributed by atoms with Gasteiger partial charge in [-0.3, -0.25) is 25.1 Å². The van der Waals surface area contributed by atoms with Crippen LogP contribution in [-0.2, 0) is 9.59 Å². The topological polar surface area (TPSA) is 169 Å². The van der Waals surface area contributed by atoms with Crippen molar-refractivity contribution in [1.29, 1.82) is 0 Å². The van der Waals surface area contributed by atoms with Gasteiger partial charge in [0.05, 0.1) is 15.4 Å². The number of thiocarbonyl (C=S) groups is 1. The second-order valence-electron chi connectivity index (χ2n) is 9.09. The summed E-state index contributed by atoms with van der Waals surface area (Å²) in [6, 6.07) is 17.5. The lowest BCUT2D eigenvalue weighted by atomic mass is 9.94. The second kappa shape index (κ2) is 11.7. The molecule has 3 aromatic carbocycles. The van der Waals surface area contributed by atoms with Crippen LogP contribution in [0.4, 0.5) is 11.4 Å². The zero-order chi connectivity index (χ0) is 30.0. The number of allylic oxidation sites excluding steroid dienone is 1. The number of phenols is 2. The summed E-state index contributed by atoms with van der Waals surface area (Å²) in [5, 5.41) is 38.4. The molecule has 3 aromatic rings. The first kappa shape index (κ1) is 28.3. The van der Waals surface area contributed by atoms with E-state index in [9.17, 15) is 29.9 Å². The van der Waals surface area contributed by atoms with Crippen molar-refractivity contribution in [3.8, 4) is 11.5 Å². The molecule has 1 fully saturated rings. The zero-order valence-corrected chi connectivity index (χ0v) is 23.4. The van der Waals surface area contributed by atoms with Gasteiger partial charge in [0.15, 0.2) is 4.32 Å². The number of aromatic hydroxyl groups is 2. The Balaban J connectivity index is 1.45. The average Bonchev–Trinajstić information content (AvgIpc) is 3.20. The minimum Gasteiger partial charge on any atom is -0.508 e. The van der Waals surface area contributed by atoms with Crippen LogP contribution >= 0.6 is 24.0 Å². The van der Waals surface area contributed by atoms with Gasteiger partial charge < -0.3 is 20.8 Å². The first-order valence-electron chi connectivity index (χ1n) is 12.3. The molecule has 0 radical (unpaired) electrons. The maximum absolute atomic E-state index is 13.5. The summed E-state index contributed by atoms with van der Waals surface area (Å²) in [5.41, 5.74) is 4.26. The van der Waals surface area contributed by atoms with E-state index in [4.69, 9.17) is 12.2 Å². The van der Waals surface area contributed by atoms with Crippen molar-refractivity contribution in [2.24, 2.45) is 4.99 Å². The number of rotatable bonds is 6. The van der Waals surface area contributed by atoms with Crippen LogP contribution in [0.25, 0.3) is 6.08 Å². The molecule has 2 heterocycles. The molecule has 14 heteroatoms. The number of guanidine groups is 1. The number of nitro groups is 1. The number of phenolic OH excluding ortho intramolecular Hbond substituents is 2. The highest BCUT2D eigenvalue weighted by Gasteiger charge is 2.36. The molecule has 5 N–H and O–H groups in total. The molecule has 12 nitrogen and oxygen atoms in total. The van der Waals surface area contributed by atoms with E-state index in [0.717, 1.165) is 28.4 Å². The predicted octanol–water partition coefficient (Wildman–Crippen LogP) is 4.33. The fourth-order valence-corrected chi connectivity index (χ4v) is 5.46. The first-order chi connectivity index (χ1) is 20.1. The minimum atomic E-state index is -1.11. The number of nitrogens with one attached hydrogen (secondary N) is 3. The van der Waals surface area contributed by atoms with Gasteiger partial charge in [-0.2, -0.15) is 5.01 Å². The Kier molecular flexibility index (Phi) is 7.91. The van der Waals surface area contributed by atoms with Crippen molar-refractivity contribution >= 4 is 63.5 Å². The fourth-order valence-electron chi connectivity index (χ4n) is 4.28. The van der Waals surface area contributed by atoms with Crippen LogP contribution in [0.15, 0.2) is 94.0 Å². The summed E-state index contributed by atoms with van der Waals surface area (Å²) < 4.78 is 0.228. The third-order valence-electron chi connectivity index (χ3n) is 6.22. The molecule has 0 bridgehead atoms. The van der Waals surface area contributed by atoms with Crippen LogP contribution in [0, 0.1) is 10.1 Å². The van der Waals surface area contributed by atoms with Crippen LogP contribution in [-0.4, -0.2) is 42.2 Å². The van der Waals surface area contributed by atoms with Gasteiger partial charge in [0.1, 0.15) is 17.5 Å². The molecule has 0 aromatic heterocycles. The molecule has 212 valence electrons. The molecule has 2 aliphatic heterocycles. The molecule has 0 spiro atoms. The molecule has 0 aliphatic carbocycles. The van der Waals surface area contributed by atoms with Crippen LogP contribution in [0.1, 0.15) is 24.1 Å². The standard InChI is InChI=1S/C28H22N6O6S2/c1-15-23(25(37)30-17-8-5-9-18(13-17)34(39)40)24(20-11-10-19(35)14-21(20)36)31-27(29-15)32-33-26(38)22(42-28(33)41)12-16-6-3-2-4-7-16/h2-14,24,35-36H,1H3,(H,30,37)(H2,29,31,32)/b22-12+. The van der Waals surface area contributed by atoms with Gasteiger partial charge in [0.25, 0.3) is 17.5 Å². The number of aliphatic imine (C=N–C) groups is 1. The van der Waals surface area contributed by atoms with Crippen LogP contribution < -0.4 is 16.1 Å². The van der Waals surface area contributed by atoms with Gasteiger partial charge in [-0.25, -0.2) is 4.99 Å². The smallest absolute Gasteiger partial charge is 0.285 e. The molecule has 42 heavy (non-hydrogen) atoms. The monoisotopic (exact) mass is 602 g/mol. The number of thioether (sulfide) groups is 1. The summed E-state index contributed by atoms with van der Waals surface area (Å²) in [5.74, 6) is -1.50. The Morgan fingerprint density at radius 3 is 2.62 bits per heavy atom. The Labute approximate surface area is 248 Å². The molecule has 1 atom stereocenters. The summed E-state index contributed by atoms with van der Waals surface area (Å²) in [4.78, 5) is 42.3. The third-order valence-corrected chi connectivity index (χ3v) is 7.52. The lowest BCUT2D eigenvalue weighted by Gasteiger charge is -2.29. The van der Waals surface area contributed by atoms with E-state index in [-0.39, 0.29) is 44.3 Å². The molecule has 2 amide bonds. The summed E-state index contributed by atoms with van der Waals surface area (Å²) in [7, 11) is 0. The molecule has 0 saturated carbocycles. The number of hydrogen-bond acceptors (Lipinski definition) is 11. The van der Waals surface area contributed by atoms with E-state index >= 15 is 0 Å². The highest BCUT2D eigenvalue weighted by molar-refractivity contribution is 8.26. The van der Waals surface area contributed by atoms with Gasteiger partial charge in [0, 0.05) is 35.1 Å². The molecular formula is C28H22N6O6S2. The quantitative estimate of drug-likeness (QED) is 0.118. The number of nitrogens with zero attached hydrogens (tertiary/aromatic N) is 3. The molecular weight excluding hydrogens is 580 g/mol. The molecule has 1 unspecified atom stereocenters. The van der Waals surface area contributed by atoms with Gasteiger partial charge >= 0.3 is 0 Å². The van der Waals surface area contributed by atoms with Gasteiger partial charge in [-0.1, -0.05) is 48.2 Å². The number of carbonyl (C=O) groups is 2. The van der Waals surface area contributed by atoms with E-state index in [1.807, 2.05) is 30.3 Å². The summed E-state index contributed by atoms with van der Waals surface area (Å²) >= 11 is 6.53. The van der Waals surface area contributed by atoms with Gasteiger partial charge in [-0.05, 0) is 49.0 Å². The summed E-state index contributed by atoms with van der Waals surface area (Å²) in [6.07, 6.45) is 1.72. The largest absolute Gasteiger partial charge is 0.508 e. The molecule has 2 aliphatic rings. The van der Waals surface area contributed by atoms with E-state index in [2.05, 4.69) is 21.1 Å². The minimum absolute atomic E-state index is 0.0640. The number of amides is 2. The van der Waals surface area contributed by atoms with Crippen molar-refractivity contribution in [1.82, 2.24) is 15.8 Å². The van der Waals surface area contributed by atoms with E-state index in [1.165, 1.54) is 36.4 Å². The third kappa shape index (κ3) is 5.94. The van der Waals surface area contributed by atoms with E-state index in [1.54, 1.807) is 13.0 Å². The lowest BCUT2D eigenvalue weighted by Crippen LogP contribution is -2.51. The molecule has 1 saturated heterocycles. The molecule has 5 rings (SSSR count). The maximum Gasteiger partial charge on any atom is 0.285 e. The normalized spacial score (nSPS) is 17.6. The lowest BCUT2D eigenvalue weighted by molar-refractivity contribution is -0.384. The Morgan fingerprint density at radius 2 is 1.90 bits per heavy atom. The van der Waals surface area contributed by atoms with E-state index in [0.29, 0.717) is 10.6 Å². The zero-order valence-electron chi connectivity index (χ0n) is 21.8. The SMILES string of the molecule is CC1=C(C(=O)Nc2cccc([N+](=O)[O-])c2)C(c2ccc(O)cc2O)N=C(NN2C(=O)/C(=C\c3ccccc3)SC2=S)N1. The van der Waals surface area contributed by atoms with Crippen molar-refractivity contribution in [3.63, 3.8) is 0 Å². The number of hydrogen-bond donors (Lipinski definition) is 5. The van der Waals surface area contributed by atoms with Crippen molar-refractivity contribution in [2.45, 2.75) is 13.0 Å². The maximum atomic E-state index is 13.5. The number of anilines is 1. The number of nitro benzene ring substituents is 1. The highest BCUT2D eigenvalue weighted by Crippen LogP contribution is 2.38.